The van der Waals surface area contributed by atoms with Crippen molar-refractivity contribution < 1.29 is 28.3 Å². The van der Waals surface area contributed by atoms with Crippen molar-refractivity contribution in [3.05, 3.63) is 63.9 Å². The normalized spacial score (nSPS) is 10.6. The molecule has 0 unspecified atom stereocenters. The van der Waals surface area contributed by atoms with Gasteiger partial charge in [0.2, 0.25) is 5.91 Å². The van der Waals surface area contributed by atoms with Crippen molar-refractivity contribution >= 4 is 46.1 Å². The maximum absolute atomic E-state index is 12.6. The van der Waals surface area contributed by atoms with Gasteiger partial charge in [-0.3, -0.25) is 4.79 Å². The summed E-state index contributed by atoms with van der Waals surface area (Å²) in [6, 6.07) is 7.74. The number of hydrogen-bond donors (Lipinski definition) is 1. The number of furan rings is 1. The fraction of sp³-hybridized carbons (Fsp3) is 0.190. The molecule has 0 fully saturated rings. The van der Waals surface area contributed by atoms with E-state index in [0.29, 0.717) is 16.2 Å². The number of nitrogens with one attached hydrogen (secondary N) is 1. The third kappa shape index (κ3) is 4.41. The van der Waals surface area contributed by atoms with Gasteiger partial charge in [-0.25, -0.2) is 9.59 Å². The summed E-state index contributed by atoms with van der Waals surface area (Å²) in [6.45, 7) is 1.86. The maximum Gasteiger partial charge on any atom is 0.337 e. The molecule has 0 spiro atoms. The molecule has 0 aliphatic heterocycles. The molecule has 150 valence electrons. The lowest BCUT2D eigenvalue weighted by atomic mass is 10.1. The molecule has 0 radical (unpaired) electrons. The molecule has 7 nitrogen and oxygen atoms in total. The molecule has 0 atom stereocenters. The monoisotopic (exact) mass is 415 g/mol. The largest absolute Gasteiger partial charge is 0.465 e. The number of rotatable bonds is 5. The van der Waals surface area contributed by atoms with Crippen molar-refractivity contribution in [3.8, 4) is 0 Å². The second kappa shape index (κ2) is 8.36. The van der Waals surface area contributed by atoms with Crippen LogP contribution in [0.25, 0.3) is 11.0 Å². The van der Waals surface area contributed by atoms with Crippen molar-refractivity contribution in [2.24, 2.45) is 0 Å². The predicted octanol–water partition coefficient (Wildman–Crippen LogP) is 4.15. The van der Waals surface area contributed by atoms with E-state index in [1.54, 1.807) is 6.07 Å². The van der Waals surface area contributed by atoms with Crippen LogP contribution in [0.5, 0.6) is 0 Å². The minimum absolute atomic E-state index is 0.0163. The second-order valence-electron chi connectivity index (χ2n) is 6.37. The van der Waals surface area contributed by atoms with Gasteiger partial charge >= 0.3 is 11.9 Å². The number of ether oxygens (including phenoxy) is 2. The van der Waals surface area contributed by atoms with Crippen LogP contribution in [0.1, 0.15) is 31.8 Å². The zero-order chi connectivity index (χ0) is 21.1. The molecule has 1 aromatic heterocycles. The molecule has 1 amide bonds. The van der Waals surface area contributed by atoms with Crippen LogP contribution in [0, 0.1) is 6.92 Å². The van der Waals surface area contributed by atoms with Gasteiger partial charge in [0.15, 0.2) is 0 Å². The predicted molar refractivity (Wildman–Crippen MR) is 107 cm³/mol. The van der Waals surface area contributed by atoms with Gasteiger partial charge in [0.05, 0.1) is 38.0 Å². The summed E-state index contributed by atoms with van der Waals surface area (Å²) in [4.78, 5) is 36.3. The molecule has 2 aromatic carbocycles. The molecule has 0 aliphatic rings. The van der Waals surface area contributed by atoms with E-state index in [2.05, 4.69) is 5.32 Å². The molecule has 3 aromatic rings. The first-order chi connectivity index (χ1) is 13.8. The summed E-state index contributed by atoms with van der Waals surface area (Å²) in [5.41, 5.74) is 2.66. The van der Waals surface area contributed by atoms with Gasteiger partial charge < -0.3 is 19.2 Å². The van der Waals surface area contributed by atoms with E-state index in [0.717, 1.165) is 10.9 Å². The molecule has 0 aliphatic carbocycles. The number of anilines is 1. The molecule has 8 heteroatoms. The van der Waals surface area contributed by atoms with Gasteiger partial charge in [-0.15, -0.1) is 0 Å². The van der Waals surface area contributed by atoms with Crippen LogP contribution >= 0.6 is 11.6 Å². The van der Waals surface area contributed by atoms with Crippen molar-refractivity contribution in [3.63, 3.8) is 0 Å². The average Bonchev–Trinajstić information content (AvgIpc) is 3.07. The van der Waals surface area contributed by atoms with Crippen LogP contribution in [0.3, 0.4) is 0 Å². The van der Waals surface area contributed by atoms with Gasteiger partial charge in [0.1, 0.15) is 5.58 Å². The van der Waals surface area contributed by atoms with Crippen LogP contribution in [0.15, 0.2) is 41.0 Å². The van der Waals surface area contributed by atoms with E-state index in [9.17, 15) is 14.4 Å². The van der Waals surface area contributed by atoms with Gasteiger partial charge in [-0.2, -0.15) is 0 Å². The lowest BCUT2D eigenvalue weighted by molar-refractivity contribution is -0.115. The fourth-order valence-corrected chi connectivity index (χ4v) is 3.05. The Balaban J connectivity index is 1.86. The number of carbonyl (C=O) groups excluding carboxylic acids is 3. The summed E-state index contributed by atoms with van der Waals surface area (Å²) < 4.78 is 14.9. The quantitative estimate of drug-likeness (QED) is 0.629. The summed E-state index contributed by atoms with van der Waals surface area (Å²) in [6.07, 6.45) is 1.52. The number of methoxy groups -OCH3 is 2. The SMILES string of the molecule is COC(=O)c1cc(NC(=O)Cc2coc3cc(C)c(Cl)cc23)cc(C(=O)OC)c1. The topological polar surface area (TPSA) is 94.8 Å². The third-order valence-corrected chi connectivity index (χ3v) is 4.75. The molecule has 0 saturated heterocycles. The van der Waals surface area contributed by atoms with Crippen molar-refractivity contribution in [2.45, 2.75) is 13.3 Å². The Kier molecular flexibility index (Phi) is 5.89. The molecular formula is C21H18ClNO6. The Morgan fingerprint density at radius 1 is 1.00 bits per heavy atom. The summed E-state index contributed by atoms with van der Waals surface area (Å²) in [7, 11) is 2.45. The highest BCUT2D eigenvalue weighted by Crippen LogP contribution is 2.28. The minimum Gasteiger partial charge on any atom is -0.465 e. The summed E-state index contributed by atoms with van der Waals surface area (Å²) in [5.74, 6) is -1.64. The van der Waals surface area contributed by atoms with Crippen LogP contribution in [0.2, 0.25) is 5.02 Å². The number of esters is 2. The zero-order valence-corrected chi connectivity index (χ0v) is 16.8. The van der Waals surface area contributed by atoms with Crippen LogP contribution in [0.4, 0.5) is 5.69 Å². The summed E-state index contributed by atoms with van der Waals surface area (Å²) in [5, 5.41) is 4.00. The highest BCUT2D eigenvalue weighted by molar-refractivity contribution is 6.32. The van der Waals surface area contributed by atoms with Crippen LogP contribution in [-0.4, -0.2) is 32.1 Å². The number of halogens is 1. The van der Waals surface area contributed by atoms with Crippen molar-refractivity contribution in [1.29, 1.82) is 0 Å². The van der Waals surface area contributed by atoms with Crippen molar-refractivity contribution in [1.82, 2.24) is 0 Å². The Labute approximate surface area is 171 Å². The van der Waals surface area contributed by atoms with Crippen LogP contribution < -0.4 is 5.32 Å². The van der Waals surface area contributed by atoms with E-state index >= 15 is 0 Å². The minimum atomic E-state index is -0.642. The van der Waals surface area contributed by atoms with E-state index < -0.39 is 11.9 Å². The number of amides is 1. The fourth-order valence-electron chi connectivity index (χ4n) is 2.89. The first-order valence-corrected chi connectivity index (χ1v) is 8.98. The number of hydrogen-bond acceptors (Lipinski definition) is 6. The Morgan fingerprint density at radius 3 is 2.21 bits per heavy atom. The molecule has 29 heavy (non-hydrogen) atoms. The first kappa shape index (κ1) is 20.4. The highest BCUT2D eigenvalue weighted by Gasteiger charge is 2.16. The van der Waals surface area contributed by atoms with Crippen LogP contribution in [-0.2, 0) is 20.7 Å². The first-order valence-electron chi connectivity index (χ1n) is 8.60. The lowest BCUT2D eigenvalue weighted by Gasteiger charge is -2.09. The van der Waals surface area contributed by atoms with Gasteiger partial charge in [-0.05, 0) is 42.8 Å². The summed E-state index contributed by atoms with van der Waals surface area (Å²) >= 11 is 6.17. The van der Waals surface area contributed by atoms with E-state index in [1.807, 2.05) is 13.0 Å². The number of fused-ring (bicyclic) bond motifs is 1. The van der Waals surface area contributed by atoms with Crippen molar-refractivity contribution in [2.75, 3.05) is 19.5 Å². The van der Waals surface area contributed by atoms with Gasteiger partial charge in [0, 0.05) is 21.7 Å². The van der Waals surface area contributed by atoms with E-state index in [4.69, 9.17) is 25.5 Å². The number of aryl methyl sites for hydroxylation is 1. The van der Waals surface area contributed by atoms with Gasteiger partial charge in [-0.1, -0.05) is 11.6 Å². The maximum atomic E-state index is 12.6. The number of carbonyl (C=O) groups is 3. The van der Waals surface area contributed by atoms with Gasteiger partial charge in [0.25, 0.3) is 0 Å². The molecule has 1 N–H and O–H groups in total. The molecular weight excluding hydrogens is 398 g/mol. The highest BCUT2D eigenvalue weighted by atomic mass is 35.5. The average molecular weight is 416 g/mol. The standard InChI is InChI=1S/C21H18ClNO6/c1-11-4-18-16(9-17(11)22)14(10-29-18)8-19(24)23-15-6-12(20(25)27-2)5-13(7-15)21(26)28-3/h4-7,9-10H,8H2,1-3H3,(H,23,24). The zero-order valence-electron chi connectivity index (χ0n) is 16.0. The second-order valence-corrected chi connectivity index (χ2v) is 6.77. The smallest absolute Gasteiger partial charge is 0.337 e. The molecule has 1 heterocycles. The molecule has 0 bridgehead atoms. The Hall–Kier alpha value is -3.32. The third-order valence-electron chi connectivity index (χ3n) is 4.34. The molecule has 0 saturated carbocycles. The Bertz CT molecular complexity index is 1080. The van der Waals surface area contributed by atoms with E-state index in [-0.39, 0.29) is 29.1 Å². The number of benzene rings is 2. The lowest BCUT2D eigenvalue weighted by Crippen LogP contribution is -2.16. The van der Waals surface area contributed by atoms with E-state index in [1.165, 1.54) is 38.7 Å². The Morgan fingerprint density at radius 2 is 1.62 bits per heavy atom. The molecule has 3 rings (SSSR count).